The van der Waals surface area contributed by atoms with Crippen molar-refractivity contribution in [1.82, 2.24) is 5.32 Å². The van der Waals surface area contributed by atoms with Gasteiger partial charge in [0.1, 0.15) is 0 Å². The van der Waals surface area contributed by atoms with Gasteiger partial charge in [-0.25, -0.2) is 8.78 Å². The van der Waals surface area contributed by atoms with Gasteiger partial charge in [0, 0.05) is 0 Å². The Morgan fingerprint density at radius 2 is 1.87 bits per heavy atom. The number of carbonyl (C=O) groups excluding carboxylic acids is 1. The molecule has 0 aromatic heterocycles. The predicted octanol–water partition coefficient (Wildman–Crippen LogP) is 3.84. The van der Waals surface area contributed by atoms with E-state index in [9.17, 15) is 13.6 Å². The van der Waals surface area contributed by atoms with Crippen molar-refractivity contribution < 1.29 is 23.0 Å². The topological polar surface area (TPSA) is 47.6 Å². The Hall–Kier alpha value is -2.34. The molecule has 1 amide bonds. The zero-order chi connectivity index (χ0) is 16.6. The molecule has 0 bridgehead atoms. The number of amides is 1. The fourth-order valence-electron chi connectivity index (χ4n) is 2.24. The van der Waals surface area contributed by atoms with Crippen LogP contribution in [0.4, 0.5) is 8.78 Å². The van der Waals surface area contributed by atoms with E-state index in [0.717, 1.165) is 17.7 Å². The zero-order valence-electron chi connectivity index (χ0n) is 12.0. The fraction of sp³-hybridized carbons (Fsp3) is 0.188. The van der Waals surface area contributed by atoms with Crippen molar-refractivity contribution in [2.45, 2.75) is 13.0 Å². The van der Waals surface area contributed by atoms with Gasteiger partial charge in [-0.05, 0) is 36.8 Å². The largest absolute Gasteiger partial charge is 0.454 e. The van der Waals surface area contributed by atoms with E-state index in [2.05, 4.69) is 5.32 Å². The van der Waals surface area contributed by atoms with Crippen LogP contribution in [-0.4, -0.2) is 12.7 Å². The van der Waals surface area contributed by atoms with E-state index in [-0.39, 0.29) is 23.4 Å². The summed E-state index contributed by atoms with van der Waals surface area (Å²) in [6.07, 6.45) is 0. The Morgan fingerprint density at radius 3 is 2.65 bits per heavy atom. The van der Waals surface area contributed by atoms with E-state index in [0.29, 0.717) is 11.5 Å². The molecule has 0 spiro atoms. The van der Waals surface area contributed by atoms with Crippen LogP contribution in [0.15, 0.2) is 30.3 Å². The molecule has 0 saturated heterocycles. The van der Waals surface area contributed by atoms with E-state index in [1.54, 1.807) is 25.1 Å². The summed E-state index contributed by atoms with van der Waals surface area (Å²) in [4.78, 5) is 12.2. The summed E-state index contributed by atoms with van der Waals surface area (Å²) in [5.74, 6) is -1.60. The third kappa shape index (κ3) is 3.07. The predicted molar refractivity (Wildman–Crippen MR) is 79.8 cm³/mol. The van der Waals surface area contributed by atoms with E-state index in [1.165, 1.54) is 0 Å². The molecule has 1 atom stereocenters. The quantitative estimate of drug-likeness (QED) is 0.864. The van der Waals surface area contributed by atoms with Gasteiger partial charge >= 0.3 is 0 Å². The molecule has 4 nitrogen and oxygen atoms in total. The number of carbonyl (C=O) groups is 1. The Morgan fingerprint density at radius 1 is 1.17 bits per heavy atom. The number of fused-ring (bicyclic) bond motifs is 1. The smallest absolute Gasteiger partial charge is 0.253 e. The summed E-state index contributed by atoms with van der Waals surface area (Å²) in [7, 11) is 0. The second-order valence-electron chi connectivity index (χ2n) is 5.05. The SMILES string of the molecule is C[C@H](NC(=O)c1cc(F)c(F)cc1Cl)c1ccc2c(c1)OCO2. The first kappa shape index (κ1) is 15.6. The number of halogens is 3. The first-order chi connectivity index (χ1) is 11.0. The second-order valence-corrected chi connectivity index (χ2v) is 5.46. The van der Waals surface area contributed by atoms with Crippen molar-refractivity contribution in [2.24, 2.45) is 0 Å². The second kappa shape index (κ2) is 6.04. The number of ether oxygens (including phenoxy) is 2. The molecular weight excluding hydrogens is 328 g/mol. The van der Waals surface area contributed by atoms with Crippen LogP contribution in [0.2, 0.25) is 5.02 Å². The number of hydrogen-bond acceptors (Lipinski definition) is 3. The minimum absolute atomic E-state index is 0.127. The highest BCUT2D eigenvalue weighted by Crippen LogP contribution is 2.34. The lowest BCUT2D eigenvalue weighted by atomic mass is 10.1. The highest BCUT2D eigenvalue weighted by atomic mass is 35.5. The summed E-state index contributed by atoms with van der Waals surface area (Å²) in [6, 6.07) is 6.44. The maximum absolute atomic E-state index is 13.3. The summed E-state index contributed by atoms with van der Waals surface area (Å²) >= 11 is 5.80. The molecule has 23 heavy (non-hydrogen) atoms. The summed E-state index contributed by atoms with van der Waals surface area (Å²) in [6.45, 7) is 1.91. The van der Waals surface area contributed by atoms with Gasteiger partial charge in [0.25, 0.3) is 5.91 Å². The molecule has 7 heteroatoms. The maximum Gasteiger partial charge on any atom is 0.253 e. The van der Waals surface area contributed by atoms with Gasteiger partial charge in [-0.2, -0.15) is 0 Å². The average molecular weight is 340 g/mol. The van der Waals surface area contributed by atoms with Gasteiger partial charge in [0.2, 0.25) is 6.79 Å². The van der Waals surface area contributed by atoms with Gasteiger partial charge in [-0.1, -0.05) is 17.7 Å². The summed E-state index contributed by atoms with van der Waals surface area (Å²) in [5.41, 5.74) is 0.652. The van der Waals surface area contributed by atoms with Gasteiger partial charge < -0.3 is 14.8 Å². The summed E-state index contributed by atoms with van der Waals surface area (Å²) in [5, 5.41) is 2.53. The molecule has 0 aliphatic carbocycles. The molecule has 1 aliphatic rings. The number of hydrogen-bond donors (Lipinski definition) is 1. The van der Waals surface area contributed by atoms with Crippen LogP contribution in [0.3, 0.4) is 0 Å². The van der Waals surface area contributed by atoms with Crippen molar-refractivity contribution in [3.05, 3.63) is 58.1 Å². The molecule has 0 saturated carbocycles. The van der Waals surface area contributed by atoms with Crippen LogP contribution in [-0.2, 0) is 0 Å². The zero-order valence-corrected chi connectivity index (χ0v) is 12.8. The van der Waals surface area contributed by atoms with E-state index >= 15 is 0 Å². The van der Waals surface area contributed by atoms with Crippen molar-refractivity contribution in [1.29, 1.82) is 0 Å². The fourth-order valence-corrected chi connectivity index (χ4v) is 2.47. The van der Waals surface area contributed by atoms with Gasteiger partial charge in [0.05, 0.1) is 16.6 Å². The third-order valence-corrected chi connectivity index (χ3v) is 3.81. The lowest BCUT2D eigenvalue weighted by molar-refractivity contribution is 0.0939. The Balaban J connectivity index is 1.78. The highest BCUT2D eigenvalue weighted by molar-refractivity contribution is 6.33. The standard InChI is InChI=1S/C16H12ClF2NO3/c1-8(9-2-3-14-15(4-9)23-7-22-14)20-16(21)10-5-12(18)13(19)6-11(10)17/h2-6,8H,7H2,1H3,(H,20,21)/t8-/m0/s1. The first-order valence-electron chi connectivity index (χ1n) is 6.80. The van der Waals surface area contributed by atoms with Gasteiger partial charge in [0.15, 0.2) is 23.1 Å². The van der Waals surface area contributed by atoms with Gasteiger partial charge in [-0.15, -0.1) is 0 Å². The van der Waals surface area contributed by atoms with E-state index in [4.69, 9.17) is 21.1 Å². The average Bonchev–Trinajstić information content (AvgIpc) is 2.98. The molecule has 0 radical (unpaired) electrons. The monoisotopic (exact) mass is 339 g/mol. The van der Waals surface area contributed by atoms with Gasteiger partial charge in [-0.3, -0.25) is 4.79 Å². The lowest BCUT2D eigenvalue weighted by Crippen LogP contribution is -2.27. The lowest BCUT2D eigenvalue weighted by Gasteiger charge is -2.15. The molecule has 2 aromatic rings. The van der Waals surface area contributed by atoms with E-state index < -0.39 is 17.5 Å². The van der Waals surface area contributed by atoms with Crippen molar-refractivity contribution in [3.8, 4) is 11.5 Å². The first-order valence-corrected chi connectivity index (χ1v) is 7.18. The molecule has 1 aliphatic heterocycles. The van der Waals surface area contributed by atoms with E-state index in [1.807, 2.05) is 0 Å². The Labute approximate surface area is 136 Å². The molecule has 1 N–H and O–H groups in total. The minimum atomic E-state index is -1.13. The number of rotatable bonds is 3. The molecule has 3 rings (SSSR count). The molecule has 0 unspecified atom stereocenters. The normalized spacial score (nSPS) is 13.7. The third-order valence-electron chi connectivity index (χ3n) is 3.50. The number of nitrogens with one attached hydrogen (secondary N) is 1. The maximum atomic E-state index is 13.3. The molecule has 120 valence electrons. The molecule has 2 aromatic carbocycles. The Kier molecular flexibility index (Phi) is 4.09. The minimum Gasteiger partial charge on any atom is -0.454 e. The van der Waals surface area contributed by atoms with Crippen LogP contribution in [0, 0.1) is 11.6 Å². The highest BCUT2D eigenvalue weighted by Gasteiger charge is 2.19. The molecule has 1 heterocycles. The summed E-state index contributed by atoms with van der Waals surface area (Å²) < 4.78 is 36.8. The van der Waals surface area contributed by atoms with Crippen LogP contribution in [0.1, 0.15) is 28.9 Å². The Bertz CT molecular complexity index is 782. The van der Waals surface area contributed by atoms with Crippen LogP contribution in [0.5, 0.6) is 11.5 Å². The van der Waals surface area contributed by atoms with Crippen LogP contribution >= 0.6 is 11.6 Å². The van der Waals surface area contributed by atoms with Crippen LogP contribution < -0.4 is 14.8 Å². The van der Waals surface area contributed by atoms with Crippen LogP contribution in [0.25, 0.3) is 0 Å². The molecular formula is C16H12ClF2NO3. The van der Waals surface area contributed by atoms with Crippen molar-refractivity contribution >= 4 is 17.5 Å². The molecule has 0 fully saturated rings. The van der Waals surface area contributed by atoms with Crippen molar-refractivity contribution in [2.75, 3.05) is 6.79 Å². The van der Waals surface area contributed by atoms with Crippen molar-refractivity contribution in [3.63, 3.8) is 0 Å². The number of benzene rings is 2.